The van der Waals surface area contributed by atoms with Gasteiger partial charge < -0.3 is 0 Å². The highest BCUT2D eigenvalue weighted by atomic mass is 32.2. The van der Waals surface area contributed by atoms with Gasteiger partial charge in [-0.15, -0.1) is 11.8 Å². The molecule has 24 heavy (non-hydrogen) atoms. The molecule has 0 heterocycles. The summed E-state index contributed by atoms with van der Waals surface area (Å²) in [5, 5.41) is 4.09. The highest BCUT2D eigenvalue weighted by Crippen LogP contribution is 2.17. The fourth-order valence-electron chi connectivity index (χ4n) is 2.14. The summed E-state index contributed by atoms with van der Waals surface area (Å²) in [5.74, 6) is 0.779. The zero-order chi connectivity index (χ0) is 17.2. The van der Waals surface area contributed by atoms with Gasteiger partial charge in [0.05, 0.1) is 5.25 Å². The van der Waals surface area contributed by atoms with E-state index in [1.807, 2.05) is 50.2 Å². The first kappa shape index (κ1) is 18.3. The lowest BCUT2D eigenvalue weighted by atomic mass is 10.1. The molecule has 126 valence electrons. The lowest BCUT2D eigenvalue weighted by molar-refractivity contribution is -0.120. The molecule has 0 saturated heterocycles. The van der Waals surface area contributed by atoms with Gasteiger partial charge in [-0.2, -0.15) is 5.10 Å². The number of carbonyl (C=O) groups excluding carboxylic acids is 1. The Kier molecular flexibility index (Phi) is 7.56. The first-order valence-corrected chi connectivity index (χ1v) is 9.22. The van der Waals surface area contributed by atoms with Crippen molar-refractivity contribution in [2.45, 2.75) is 37.7 Å². The second-order valence-corrected chi connectivity index (χ2v) is 7.08. The van der Waals surface area contributed by atoms with Crippen molar-refractivity contribution in [3.63, 3.8) is 0 Å². The number of rotatable bonds is 8. The van der Waals surface area contributed by atoms with Crippen LogP contribution in [0.4, 0.5) is 0 Å². The van der Waals surface area contributed by atoms with Crippen molar-refractivity contribution >= 4 is 23.4 Å². The van der Waals surface area contributed by atoms with E-state index in [9.17, 15) is 4.79 Å². The van der Waals surface area contributed by atoms with Crippen LogP contribution in [0.1, 0.15) is 31.4 Å². The van der Waals surface area contributed by atoms with Gasteiger partial charge in [-0.05, 0) is 37.8 Å². The average Bonchev–Trinajstić information content (AvgIpc) is 2.64. The summed E-state index contributed by atoms with van der Waals surface area (Å²) >= 11 is 1.62. The molecule has 0 aliphatic heterocycles. The van der Waals surface area contributed by atoms with Crippen LogP contribution in [0, 0.1) is 0 Å². The number of nitrogens with one attached hydrogen (secondary N) is 1. The molecule has 1 N–H and O–H groups in total. The van der Waals surface area contributed by atoms with Gasteiger partial charge >= 0.3 is 0 Å². The molecule has 2 aromatic rings. The third-order valence-electron chi connectivity index (χ3n) is 3.69. The van der Waals surface area contributed by atoms with Crippen LogP contribution >= 0.6 is 11.8 Å². The van der Waals surface area contributed by atoms with E-state index in [-0.39, 0.29) is 11.2 Å². The zero-order valence-corrected chi connectivity index (χ0v) is 15.1. The van der Waals surface area contributed by atoms with Crippen molar-refractivity contribution in [2.75, 3.05) is 0 Å². The standard InChI is InChI=1S/C20H24N2OS/c1-16(13-14-18-9-5-3-6-10-18)21-22-20(23)17(2)24-15-19-11-7-4-8-12-19/h3-12,17H,13-15H2,1-2H3,(H,22,23)/b21-16-/t17-/m0/s1. The Labute approximate surface area is 148 Å². The van der Waals surface area contributed by atoms with E-state index in [4.69, 9.17) is 0 Å². The van der Waals surface area contributed by atoms with Crippen molar-refractivity contribution < 1.29 is 4.79 Å². The summed E-state index contributed by atoms with van der Waals surface area (Å²) in [6, 6.07) is 20.5. The van der Waals surface area contributed by atoms with Gasteiger partial charge in [0, 0.05) is 11.5 Å². The molecule has 0 aromatic heterocycles. The minimum atomic E-state index is -0.129. The molecule has 0 aliphatic rings. The predicted octanol–water partition coefficient (Wildman–Crippen LogP) is 4.43. The van der Waals surface area contributed by atoms with Gasteiger partial charge in [0.15, 0.2) is 0 Å². The second kappa shape index (κ2) is 9.93. The number of carbonyl (C=O) groups is 1. The molecule has 0 radical (unpaired) electrons. The molecule has 0 unspecified atom stereocenters. The molecule has 1 atom stereocenters. The van der Waals surface area contributed by atoms with Crippen LogP contribution < -0.4 is 5.43 Å². The monoisotopic (exact) mass is 340 g/mol. The van der Waals surface area contributed by atoms with E-state index in [1.54, 1.807) is 11.8 Å². The Morgan fingerprint density at radius 3 is 2.25 bits per heavy atom. The van der Waals surface area contributed by atoms with E-state index in [0.717, 1.165) is 24.3 Å². The number of hydrogen-bond donors (Lipinski definition) is 1. The van der Waals surface area contributed by atoms with Crippen LogP contribution in [0.25, 0.3) is 0 Å². The highest BCUT2D eigenvalue weighted by molar-refractivity contribution is 7.99. The van der Waals surface area contributed by atoms with E-state index in [0.29, 0.717) is 0 Å². The van der Waals surface area contributed by atoms with Crippen LogP contribution in [-0.4, -0.2) is 16.9 Å². The molecule has 4 heteroatoms. The molecular formula is C20H24N2OS. The molecular weight excluding hydrogens is 316 g/mol. The Balaban J connectivity index is 1.72. The van der Waals surface area contributed by atoms with Gasteiger partial charge in [0.1, 0.15) is 0 Å². The number of hydrogen-bond acceptors (Lipinski definition) is 3. The van der Waals surface area contributed by atoms with Crippen LogP contribution in [0.2, 0.25) is 0 Å². The summed E-state index contributed by atoms with van der Waals surface area (Å²) in [6.07, 6.45) is 1.78. The Morgan fingerprint density at radius 1 is 1.04 bits per heavy atom. The van der Waals surface area contributed by atoms with Crippen molar-refractivity contribution in [3.8, 4) is 0 Å². The van der Waals surface area contributed by atoms with E-state index in [1.165, 1.54) is 11.1 Å². The number of benzene rings is 2. The quantitative estimate of drug-likeness (QED) is 0.570. The summed E-state index contributed by atoms with van der Waals surface area (Å²) in [4.78, 5) is 12.1. The van der Waals surface area contributed by atoms with Gasteiger partial charge in [-0.25, -0.2) is 5.43 Å². The Bertz CT molecular complexity index is 656. The van der Waals surface area contributed by atoms with E-state index >= 15 is 0 Å². The average molecular weight is 340 g/mol. The van der Waals surface area contributed by atoms with E-state index < -0.39 is 0 Å². The third-order valence-corrected chi connectivity index (χ3v) is 4.90. The molecule has 0 bridgehead atoms. The second-order valence-electron chi connectivity index (χ2n) is 5.75. The molecule has 2 aromatic carbocycles. The van der Waals surface area contributed by atoms with Crippen LogP contribution in [-0.2, 0) is 17.0 Å². The minimum absolute atomic E-state index is 0.0463. The van der Waals surface area contributed by atoms with Gasteiger partial charge in [-0.3, -0.25) is 4.79 Å². The summed E-state index contributed by atoms with van der Waals surface area (Å²) in [5.41, 5.74) is 6.13. The molecule has 2 rings (SSSR count). The number of thioether (sulfide) groups is 1. The Morgan fingerprint density at radius 2 is 1.62 bits per heavy atom. The lowest BCUT2D eigenvalue weighted by Gasteiger charge is -2.10. The third kappa shape index (κ3) is 6.59. The molecule has 1 amide bonds. The molecule has 0 spiro atoms. The summed E-state index contributed by atoms with van der Waals surface area (Å²) in [7, 11) is 0. The van der Waals surface area contributed by atoms with Crippen molar-refractivity contribution in [1.29, 1.82) is 0 Å². The normalized spacial score (nSPS) is 12.7. The van der Waals surface area contributed by atoms with Crippen molar-refractivity contribution in [1.82, 2.24) is 5.43 Å². The fourth-order valence-corrected chi connectivity index (χ4v) is 2.98. The van der Waals surface area contributed by atoms with Gasteiger partial charge in [0.25, 0.3) is 5.91 Å². The maximum atomic E-state index is 12.1. The van der Waals surface area contributed by atoms with Crippen LogP contribution in [0.15, 0.2) is 65.8 Å². The molecule has 0 fully saturated rings. The van der Waals surface area contributed by atoms with Crippen molar-refractivity contribution in [3.05, 3.63) is 71.8 Å². The first-order valence-electron chi connectivity index (χ1n) is 8.17. The fraction of sp³-hybridized carbons (Fsp3) is 0.300. The number of amides is 1. The first-order chi connectivity index (χ1) is 11.6. The molecule has 0 saturated carbocycles. The number of aryl methyl sites for hydroxylation is 1. The summed E-state index contributed by atoms with van der Waals surface area (Å²) < 4.78 is 0. The van der Waals surface area contributed by atoms with Crippen LogP contribution in [0.3, 0.4) is 0 Å². The maximum Gasteiger partial charge on any atom is 0.252 e. The summed E-state index contributed by atoms with van der Waals surface area (Å²) in [6.45, 7) is 3.86. The predicted molar refractivity (Wildman–Crippen MR) is 103 cm³/mol. The number of hydrazone groups is 1. The highest BCUT2D eigenvalue weighted by Gasteiger charge is 2.12. The number of nitrogens with zero attached hydrogens (tertiary/aromatic N) is 1. The maximum absolute atomic E-state index is 12.1. The molecule has 0 aliphatic carbocycles. The van der Waals surface area contributed by atoms with Gasteiger partial charge in [-0.1, -0.05) is 60.7 Å². The zero-order valence-electron chi connectivity index (χ0n) is 14.2. The van der Waals surface area contributed by atoms with Crippen LogP contribution in [0.5, 0.6) is 0 Å². The molecule has 3 nitrogen and oxygen atoms in total. The minimum Gasteiger partial charge on any atom is -0.272 e. The van der Waals surface area contributed by atoms with Gasteiger partial charge in [0.2, 0.25) is 0 Å². The smallest absolute Gasteiger partial charge is 0.252 e. The largest absolute Gasteiger partial charge is 0.272 e. The lowest BCUT2D eigenvalue weighted by Crippen LogP contribution is -2.27. The van der Waals surface area contributed by atoms with E-state index in [2.05, 4.69) is 34.8 Å². The Hall–Kier alpha value is -2.07. The SMILES string of the molecule is C/C(CCc1ccccc1)=N/NC(=O)[C@H](C)SCc1ccccc1. The topological polar surface area (TPSA) is 41.5 Å². The van der Waals surface area contributed by atoms with Crippen molar-refractivity contribution in [2.24, 2.45) is 5.10 Å².